The van der Waals surface area contributed by atoms with Crippen molar-refractivity contribution >= 4 is 20.3 Å². The second-order valence-electron chi connectivity index (χ2n) is 9.01. The number of carbonyl (C=O) groups is 2. The molecule has 1 fully saturated rings. The topological polar surface area (TPSA) is 52.6 Å². The van der Waals surface area contributed by atoms with Crippen LogP contribution in [0.2, 0.25) is 18.1 Å². The molecule has 2 rings (SSSR count). The highest BCUT2D eigenvalue weighted by atomic mass is 28.4. The van der Waals surface area contributed by atoms with Crippen LogP contribution in [-0.2, 0) is 18.8 Å². The van der Waals surface area contributed by atoms with Gasteiger partial charge in [0, 0.05) is 6.10 Å². The molecule has 5 heteroatoms. The molecule has 0 spiro atoms. The molecule has 0 aromatic carbocycles. The zero-order valence-electron chi connectivity index (χ0n) is 16.2. The van der Waals surface area contributed by atoms with E-state index in [-0.39, 0.29) is 23.0 Å². The summed E-state index contributed by atoms with van der Waals surface area (Å²) in [5, 5.41) is 0.207. The molecule has 0 unspecified atom stereocenters. The van der Waals surface area contributed by atoms with Gasteiger partial charge in [-0.3, -0.25) is 0 Å². The molecule has 1 saturated carbocycles. The molecular weight excluding hydrogens is 320 g/mol. The Morgan fingerprint density at radius 2 is 1.58 bits per heavy atom. The van der Waals surface area contributed by atoms with Gasteiger partial charge in [-0.2, -0.15) is 0 Å². The van der Waals surface area contributed by atoms with Crippen LogP contribution in [0, 0.1) is 11.8 Å². The molecule has 0 amide bonds. The first-order chi connectivity index (χ1) is 10.9. The molecule has 0 aromatic heterocycles. The summed E-state index contributed by atoms with van der Waals surface area (Å²) >= 11 is 0. The molecule has 4 nitrogen and oxygen atoms in total. The zero-order chi connectivity index (χ0) is 18.3. The summed E-state index contributed by atoms with van der Waals surface area (Å²) in [5.41, 5.74) is 1.23. The van der Waals surface area contributed by atoms with Crippen LogP contribution >= 0.6 is 0 Å². The van der Waals surface area contributed by atoms with Gasteiger partial charge in [-0.15, -0.1) is 0 Å². The van der Waals surface area contributed by atoms with Crippen LogP contribution in [0.1, 0.15) is 60.3 Å². The molecule has 0 aromatic rings. The fourth-order valence-electron chi connectivity index (χ4n) is 3.41. The molecule has 0 bridgehead atoms. The summed E-state index contributed by atoms with van der Waals surface area (Å²) in [4.78, 5) is 24.0. The first-order valence-corrected chi connectivity index (χ1v) is 12.0. The van der Waals surface area contributed by atoms with Crippen LogP contribution in [0.25, 0.3) is 0 Å². The Labute approximate surface area is 147 Å². The van der Waals surface area contributed by atoms with Crippen LogP contribution in [0.3, 0.4) is 0 Å². The van der Waals surface area contributed by atoms with E-state index >= 15 is 0 Å². The number of ether oxygens (including phenoxy) is 1. The minimum absolute atomic E-state index is 0.0279. The van der Waals surface area contributed by atoms with Gasteiger partial charge >= 0.3 is 11.9 Å². The third-order valence-electron chi connectivity index (χ3n) is 5.84. The number of esters is 2. The van der Waals surface area contributed by atoms with Crippen molar-refractivity contribution in [2.75, 3.05) is 0 Å². The number of carbonyl (C=O) groups excluding carboxylic acids is 2. The summed E-state index contributed by atoms with van der Waals surface area (Å²) in [5.74, 6) is -0.692. The van der Waals surface area contributed by atoms with Gasteiger partial charge in [0.2, 0.25) is 0 Å². The van der Waals surface area contributed by atoms with Crippen LogP contribution < -0.4 is 0 Å². The molecule has 0 radical (unpaired) electrons. The summed E-state index contributed by atoms with van der Waals surface area (Å²) in [7, 11) is -1.76. The Hall–Kier alpha value is -0.943. The summed E-state index contributed by atoms with van der Waals surface area (Å²) in [6.07, 6.45) is 3.97. The van der Waals surface area contributed by atoms with Crippen molar-refractivity contribution in [1.29, 1.82) is 0 Å². The molecule has 0 saturated heterocycles. The van der Waals surface area contributed by atoms with E-state index in [1.54, 1.807) is 0 Å². The predicted octanol–water partition coefficient (Wildman–Crippen LogP) is 4.60. The Balaban J connectivity index is 2.05. The summed E-state index contributed by atoms with van der Waals surface area (Å²) in [6, 6.07) is 0. The van der Waals surface area contributed by atoms with Crippen LogP contribution in [-0.4, -0.2) is 26.4 Å². The van der Waals surface area contributed by atoms with Crippen molar-refractivity contribution in [3.05, 3.63) is 11.1 Å². The van der Waals surface area contributed by atoms with E-state index in [9.17, 15) is 9.59 Å². The van der Waals surface area contributed by atoms with Gasteiger partial charge in [-0.05, 0) is 55.7 Å². The van der Waals surface area contributed by atoms with E-state index < -0.39 is 20.3 Å². The zero-order valence-corrected chi connectivity index (χ0v) is 17.2. The average Bonchev–Trinajstić information content (AvgIpc) is 2.72. The highest BCUT2D eigenvalue weighted by Gasteiger charge is 2.42. The minimum atomic E-state index is -1.76. The maximum absolute atomic E-state index is 12.1. The van der Waals surface area contributed by atoms with Gasteiger partial charge in [-0.1, -0.05) is 34.6 Å². The Morgan fingerprint density at radius 3 is 2.04 bits per heavy atom. The molecule has 136 valence electrons. The summed E-state index contributed by atoms with van der Waals surface area (Å²) in [6.45, 7) is 15.2. The van der Waals surface area contributed by atoms with E-state index in [1.165, 1.54) is 0 Å². The minimum Gasteiger partial charge on any atom is -0.414 e. The molecule has 1 aliphatic heterocycles. The smallest absolute Gasteiger partial charge is 0.342 e. The van der Waals surface area contributed by atoms with Crippen molar-refractivity contribution < 1.29 is 18.8 Å². The molecule has 0 atom stereocenters. The SMILES string of the molecule is CC(C)C1=C(C2CCC(O[Si](C)(C)C(C)(C)C)CC2)C(=O)OC1=O. The lowest BCUT2D eigenvalue weighted by molar-refractivity contribution is -0.151. The number of rotatable bonds is 4. The van der Waals surface area contributed by atoms with Crippen molar-refractivity contribution in [3.8, 4) is 0 Å². The average molecular weight is 353 g/mol. The normalized spacial score (nSPS) is 26.3. The number of cyclic esters (lactones) is 2. The first-order valence-electron chi connectivity index (χ1n) is 9.12. The van der Waals surface area contributed by atoms with Gasteiger partial charge in [0.05, 0.1) is 11.1 Å². The molecule has 24 heavy (non-hydrogen) atoms. The maximum atomic E-state index is 12.1. The van der Waals surface area contributed by atoms with Gasteiger partial charge in [0.15, 0.2) is 8.32 Å². The van der Waals surface area contributed by atoms with E-state index in [2.05, 4.69) is 33.9 Å². The fraction of sp³-hybridized carbons (Fsp3) is 0.789. The van der Waals surface area contributed by atoms with Crippen LogP contribution in [0.15, 0.2) is 11.1 Å². The second-order valence-corrected chi connectivity index (χ2v) is 13.8. The van der Waals surface area contributed by atoms with Crippen molar-refractivity contribution in [1.82, 2.24) is 0 Å². The Bertz CT molecular complexity index is 546. The second kappa shape index (κ2) is 6.75. The van der Waals surface area contributed by atoms with E-state index in [1.807, 2.05) is 13.8 Å². The third-order valence-corrected chi connectivity index (χ3v) is 10.4. The quantitative estimate of drug-likeness (QED) is 0.421. The molecule has 0 N–H and O–H groups in total. The van der Waals surface area contributed by atoms with Crippen molar-refractivity contribution in [3.63, 3.8) is 0 Å². The van der Waals surface area contributed by atoms with Gasteiger partial charge in [0.25, 0.3) is 0 Å². The van der Waals surface area contributed by atoms with Gasteiger partial charge in [-0.25, -0.2) is 9.59 Å². The maximum Gasteiger partial charge on any atom is 0.342 e. The van der Waals surface area contributed by atoms with Gasteiger partial charge < -0.3 is 9.16 Å². The fourth-order valence-corrected chi connectivity index (χ4v) is 4.83. The van der Waals surface area contributed by atoms with Crippen LogP contribution in [0.4, 0.5) is 0 Å². The van der Waals surface area contributed by atoms with E-state index in [0.29, 0.717) is 11.1 Å². The largest absolute Gasteiger partial charge is 0.414 e. The molecule has 1 aliphatic carbocycles. The molecule has 1 heterocycles. The molecular formula is C19H32O4Si. The monoisotopic (exact) mass is 352 g/mol. The lowest BCUT2D eigenvalue weighted by Crippen LogP contribution is -2.44. The number of hydrogen-bond acceptors (Lipinski definition) is 4. The van der Waals surface area contributed by atoms with E-state index in [0.717, 1.165) is 25.7 Å². The molecule has 2 aliphatic rings. The number of hydrogen-bond donors (Lipinski definition) is 0. The Morgan fingerprint density at radius 1 is 1.04 bits per heavy atom. The summed E-state index contributed by atoms with van der Waals surface area (Å²) < 4.78 is 11.4. The predicted molar refractivity (Wildman–Crippen MR) is 97.0 cm³/mol. The van der Waals surface area contributed by atoms with Crippen LogP contribution in [0.5, 0.6) is 0 Å². The van der Waals surface area contributed by atoms with E-state index in [4.69, 9.17) is 9.16 Å². The van der Waals surface area contributed by atoms with Gasteiger partial charge in [0.1, 0.15) is 0 Å². The highest BCUT2D eigenvalue weighted by Crippen LogP contribution is 2.42. The lowest BCUT2D eigenvalue weighted by atomic mass is 9.79. The Kier molecular flexibility index (Phi) is 5.45. The first kappa shape index (κ1) is 19.4. The third kappa shape index (κ3) is 3.83. The highest BCUT2D eigenvalue weighted by molar-refractivity contribution is 6.74. The van der Waals surface area contributed by atoms with Crippen molar-refractivity contribution in [2.24, 2.45) is 11.8 Å². The van der Waals surface area contributed by atoms with Crippen molar-refractivity contribution in [2.45, 2.75) is 84.5 Å². The lowest BCUT2D eigenvalue weighted by Gasteiger charge is -2.41. The standard InChI is InChI=1S/C19H32O4Si/c1-12(2)15-16(18(21)22-17(15)20)13-8-10-14(11-9-13)23-24(6,7)19(3,4)5/h12-14H,8-11H2,1-7H3.